The number of methoxy groups -OCH3 is 1. The van der Waals surface area contributed by atoms with Gasteiger partial charge in [0.2, 0.25) is 15.9 Å². The molecule has 1 amide bonds. The number of aryl methyl sites for hydroxylation is 3. The minimum atomic E-state index is -3.57. The maximum Gasteiger partial charge on any atom is 0.243 e. The number of rotatable bonds is 9. The number of benzene rings is 2. The summed E-state index contributed by atoms with van der Waals surface area (Å²) in [4.78, 5) is 17.4. The van der Waals surface area contributed by atoms with Gasteiger partial charge >= 0.3 is 0 Å². The Morgan fingerprint density at radius 2 is 1.91 bits per heavy atom. The molecule has 0 fully saturated rings. The van der Waals surface area contributed by atoms with E-state index in [0.29, 0.717) is 47.3 Å². The quantitative estimate of drug-likeness (QED) is 0.484. The van der Waals surface area contributed by atoms with Crippen LogP contribution in [0, 0.1) is 6.92 Å². The summed E-state index contributed by atoms with van der Waals surface area (Å²) in [6, 6.07) is 8.38. The molecule has 0 saturated carbocycles. The molecule has 2 aromatic carbocycles. The number of aromatic nitrogens is 2. The van der Waals surface area contributed by atoms with Crippen LogP contribution < -0.4 is 10.1 Å². The van der Waals surface area contributed by atoms with Crippen molar-refractivity contribution in [1.82, 2.24) is 13.9 Å². The molecule has 178 valence electrons. The van der Waals surface area contributed by atoms with E-state index in [4.69, 9.17) is 16.3 Å². The number of hydrogen-bond donors (Lipinski definition) is 1. The second-order valence-corrected chi connectivity index (χ2v) is 10.0. The van der Waals surface area contributed by atoms with Crippen LogP contribution >= 0.6 is 11.6 Å². The van der Waals surface area contributed by atoms with Crippen molar-refractivity contribution in [3.05, 3.63) is 46.7 Å². The molecule has 10 heteroatoms. The molecule has 3 rings (SSSR count). The Hall–Kier alpha value is -2.62. The Bertz CT molecular complexity index is 1280. The number of fused-ring (bicyclic) bond motifs is 1. The van der Waals surface area contributed by atoms with Gasteiger partial charge in [-0.15, -0.1) is 0 Å². The first-order chi connectivity index (χ1) is 15.6. The van der Waals surface area contributed by atoms with Gasteiger partial charge in [0.15, 0.2) is 0 Å². The minimum absolute atomic E-state index is 0.188. The van der Waals surface area contributed by atoms with Gasteiger partial charge < -0.3 is 14.6 Å². The van der Waals surface area contributed by atoms with Crippen LogP contribution in [0.2, 0.25) is 5.02 Å². The van der Waals surface area contributed by atoms with Gasteiger partial charge in [-0.3, -0.25) is 4.79 Å². The second-order valence-electron chi connectivity index (χ2n) is 7.68. The fourth-order valence-corrected chi connectivity index (χ4v) is 5.33. The molecule has 1 N–H and O–H groups in total. The smallest absolute Gasteiger partial charge is 0.243 e. The molecule has 0 saturated heterocycles. The zero-order valence-corrected chi connectivity index (χ0v) is 21.0. The molecule has 0 unspecified atom stereocenters. The van der Waals surface area contributed by atoms with Crippen molar-refractivity contribution in [2.75, 3.05) is 25.5 Å². The van der Waals surface area contributed by atoms with Gasteiger partial charge in [-0.25, -0.2) is 13.4 Å². The van der Waals surface area contributed by atoms with E-state index in [9.17, 15) is 13.2 Å². The predicted molar refractivity (Wildman–Crippen MR) is 131 cm³/mol. The average molecular weight is 493 g/mol. The molecule has 0 bridgehead atoms. The summed E-state index contributed by atoms with van der Waals surface area (Å²) in [7, 11) is -0.199. The number of imidazole rings is 1. The van der Waals surface area contributed by atoms with Gasteiger partial charge in [-0.2, -0.15) is 4.31 Å². The summed E-state index contributed by atoms with van der Waals surface area (Å²) in [5, 5.41) is 3.42. The van der Waals surface area contributed by atoms with Crippen LogP contribution in [0.3, 0.4) is 0 Å². The standard InChI is InChI=1S/C23H29ClN4O4S/c1-6-28(7-2)33(30,31)16-8-9-20-18(13-16)25-22(27(20)4)10-11-23(29)26-19-12-15(3)17(24)14-21(19)32-5/h8-9,12-14H,6-7,10-11H2,1-5H3,(H,26,29). The fraction of sp³-hybridized carbons (Fsp3) is 0.391. The number of ether oxygens (including phenoxy) is 1. The van der Waals surface area contributed by atoms with Crippen molar-refractivity contribution in [3.63, 3.8) is 0 Å². The van der Waals surface area contributed by atoms with Crippen molar-refractivity contribution in [1.29, 1.82) is 0 Å². The second kappa shape index (κ2) is 10.1. The van der Waals surface area contributed by atoms with E-state index in [1.54, 1.807) is 30.3 Å². The highest BCUT2D eigenvalue weighted by Crippen LogP contribution is 2.31. The average Bonchev–Trinajstić information content (AvgIpc) is 3.10. The highest BCUT2D eigenvalue weighted by molar-refractivity contribution is 7.89. The Balaban J connectivity index is 1.78. The van der Waals surface area contributed by atoms with E-state index in [1.807, 2.05) is 32.4 Å². The Labute approximate surface area is 199 Å². The zero-order chi connectivity index (χ0) is 24.3. The Kier molecular flexibility index (Phi) is 7.66. The van der Waals surface area contributed by atoms with Gasteiger partial charge in [0.1, 0.15) is 11.6 Å². The number of carbonyl (C=O) groups excluding carboxylic acids is 1. The van der Waals surface area contributed by atoms with E-state index in [0.717, 1.165) is 11.1 Å². The highest BCUT2D eigenvalue weighted by Gasteiger charge is 2.23. The monoisotopic (exact) mass is 492 g/mol. The van der Waals surface area contributed by atoms with Crippen LogP contribution in [-0.4, -0.2) is 48.4 Å². The summed E-state index contributed by atoms with van der Waals surface area (Å²) < 4.78 is 34.3. The van der Waals surface area contributed by atoms with Gasteiger partial charge in [0.25, 0.3) is 0 Å². The van der Waals surface area contributed by atoms with Crippen LogP contribution in [0.4, 0.5) is 5.69 Å². The number of sulfonamides is 1. The molecule has 0 aliphatic rings. The van der Waals surface area contributed by atoms with Crippen molar-refractivity contribution in [2.24, 2.45) is 7.05 Å². The first kappa shape index (κ1) is 25.0. The van der Waals surface area contributed by atoms with E-state index in [1.165, 1.54) is 11.4 Å². The van der Waals surface area contributed by atoms with Crippen LogP contribution in [0.25, 0.3) is 11.0 Å². The molecule has 33 heavy (non-hydrogen) atoms. The third-order valence-electron chi connectivity index (χ3n) is 5.62. The van der Waals surface area contributed by atoms with Crippen molar-refractivity contribution in [2.45, 2.75) is 38.5 Å². The molecular weight excluding hydrogens is 464 g/mol. The minimum Gasteiger partial charge on any atom is -0.495 e. The maximum atomic E-state index is 12.8. The molecule has 1 heterocycles. The summed E-state index contributed by atoms with van der Waals surface area (Å²) >= 11 is 6.13. The van der Waals surface area contributed by atoms with E-state index < -0.39 is 10.0 Å². The third-order valence-corrected chi connectivity index (χ3v) is 8.07. The van der Waals surface area contributed by atoms with Crippen LogP contribution in [-0.2, 0) is 28.3 Å². The van der Waals surface area contributed by atoms with Gasteiger partial charge in [0.05, 0.1) is 28.7 Å². The zero-order valence-electron chi connectivity index (χ0n) is 19.5. The number of halogens is 1. The highest BCUT2D eigenvalue weighted by atomic mass is 35.5. The topological polar surface area (TPSA) is 93.5 Å². The summed E-state index contributed by atoms with van der Waals surface area (Å²) in [6.07, 6.45) is 0.594. The molecule has 0 radical (unpaired) electrons. The molecule has 0 atom stereocenters. The Morgan fingerprint density at radius 3 is 2.55 bits per heavy atom. The van der Waals surface area contributed by atoms with Crippen LogP contribution in [0.15, 0.2) is 35.2 Å². The Morgan fingerprint density at radius 1 is 1.21 bits per heavy atom. The third kappa shape index (κ3) is 5.15. The number of nitrogens with zero attached hydrogens (tertiary/aromatic N) is 3. The maximum absolute atomic E-state index is 12.8. The fourth-order valence-electron chi connectivity index (χ4n) is 3.69. The van der Waals surface area contributed by atoms with Crippen LogP contribution in [0.1, 0.15) is 31.7 Å². The lowest BCUT2D eigenvalue weighted by atomic mass is 10.2. The summed E-state index contributed by atoms with van der Waals surface area (Å²) in [5.74, 6) is 0.993. The molecule has 8 nitrogen and oxygen atoms in total. The molecular formula is C23H29ClN4O4S. The van der Waals surface area contributed by atoms with Crippen molar-refractivity contribution < 1.29 is 17.9 Å². The number of carbonyl (C=O) groups is 1. The normalized spacial score (nSPS) is 11.8. The van der Waals surface area contributed by atoms with Gasteiger partial charge in [-0.05, 0) is 36.8 Å². The lowest BCUT2D eigenvalue weighted by Crippen LogP contribution is -2.30. The molecule has 0 aliphatic heterocycles. The van der Waals surface area contributed by atoms with Crippen molar-refractivity contribution >= 4 is 44.3 Å². The molecule has 1 aromatic heterocycles. The lowest BCUT2D eigenvalue weighted by molar-refractivity contribution is -0.116. The number of hydrogen-bond acceptors (Lipinski definition) is 5. The van der Waals surface area contributed by atoms with Crippen LogP contribution in [0.5, 0.6) is 5.75 Å². The van der Waals surface area contributed by atoms with Gasteiger partial charge in [-0.1, -0.05) is 25.4 Å². The number of anilines is 1. The molecule has 0 aliphatic carbocycles. The lowest BCUT2D eigenvalue weighted by Gasteiger charge is -2.18. The van der Waals surface area contributed by atoms with Crippen molar-refractivity contribution in [3.8, 4) is 5.75 Å². The van der Waals surface area contributed by atoms with E-state index >= 15 is 0 Å². The SMILES string of the molecule is CCN(CC)S(=O)(=O)c1ccc2c(c1)nc(CCC(=O)Nc1cc(C)c(Cl)cc1OC)n2C. The van der Waals surface area contributed by atoms with Gasteiger partial charge in [0, 0.05) is 44.1 Å². The summed E-state index contributed by atoms with van der Waals surface area (Å²) in [5.41, 5.74) is 2.77. The number of nitrogens with one attached hydrogen (secondary N) is 1. The largest absolute Gasteiger partial charge is 0.495 e. The molecule has 0 spiro atoms. The van der Waals surface area contributed by atoms with E-state index in [2.05, 4.69) is 10.3 Å². The first-order valence-corrected chi connectivity index (χ1v) is 12.5. The molecule has 3 aromatic rings. The first-order valence-electron chi connectivity index (χ1n) is 10.7. The summed E-state index contributed by atoms with van der Waals surface area (Å²) in [6.45, 7) is 6.27. The predicted octanol–water partition coefficient (Wildman–Crippen LogP) is 4.15. The van der Waals surface area contributed by atoms with E-state index in [-0.39, 0.29) is 17.2 Å². The number of amides is 1.